The van der Waals surface area contributed by atoms with Gasteiger partial charge in [0.05, 0.1) is 24.1 Å². The zero-order valence-electron chi connectivity index (χ0n) is 12.4. The van der Waals surface area contributed by atoms with E-state index in [9.17, 15) is 9.90 Å². The molecule has 0 saturated carbocycles. The monoisotopic (exact) mass is 326 g/mol. The summed E-state index contributed by atoms with van der Waals surface area (Å²) in [4.78, 5) is 19.3. The molecule has 23 heavy (non-hydrogen) atoms. The Labute approximate surface area is 137 Å². The second-order valence-corrected chi connectivity index (χ2v) is 6.32. The molecular formula is C16H14N4O2S. The molecule has 1 aromatic heterocycles. The number of carbonyl (C=O) groups excluding carboxylic acids is 1. The summed E-state index contributed by atoms with van der Waals surface area (Å²) in [6.45, 7) is 0. The quantitative estimate of drug-likeness (QED) is 0.883. The zero-order chi connectivity index (χ0) is 16.6. The van der Waals surface area contributed by atoms with E-state index in [1.54, 1.807) is 19.2 Å². The lowest BCUT2D eigenvalue weighted by atomic mass is 10.1. The number of phenolic OH excluding ortho intramolecular Hbond substituents is 1. The Bertz CT molecular complexity index is 850. The molecule has 0 radical (unpaired) electrons. The summed E-state index contributed by atoms with van der Waals surface area (Å²) >= 11 is 1.43. The molecule has 0 bridgehead atoms. The molecule has 0 spiro atoms. The van der Waals surface area contributed by atoms with Crippen molar-refractivity contribution in [2.75, 3.05) is 7.05 Å². The van der Waals surface area contributed by atoms with Gasteiger partial charge in [0.2, 0.25) is 5.91 Å². The topological polar surface area (TPSA) is 103 Å². The molecule has 1 atom stereocenters. The van der Waals surface area contributed by atoms with Crippen LogP contribution in [-0.4, -0.2) is 28.9 Å². The van der Waals surface area contributed by atoms with Crippen molar-refractivity contribution >= 4 is 23.2 Å². The highest BCUT2D eigenvalue weighted by Crippen LogP contribution is 2.39. The summed E-state index contributed by atoms with van der Waals surface area (Å²) in [5.41, 5.74) is 6.83. The Morgan fingerprint density at radius 2 is 2.22 bits per heavy atom. The van der Waals surface area contributed by atoms with E-state index in [2.05, 4.69) is 11.1 Å². The van der Waals surface area contributed by atoms with Crippen molar-refractivity contribution in [1.29, 1.82) is 5.26 Å². The Hall–Kier alpha value is -2.85. The van der Waals surface area contributed by atoms with Crippen molar-refractivity contribution in [3.05, 3.63) is 40.8 Å². The van der Waals surface area contributed by atoms with Gasteiger partial charge in [0.15, 0.2) is 5.96 Å². The minimum Gasteiger partial charge on any atom is -0.507 e. The third kappa shape index (κ3) is 2.76. The number of guanidine groups is 1. The molecule has 6 nitrogen and oxygen atoms in total. The fraction of sp³-hybridized carbons (Fsp3) is 0.188. The van der Waals surface area contributed by atoms with E-state index < -0.39 is 0 Å². The Kier molecular flexibility index (Phi) is 3.76. The number of nitrogens with zero attached hydrogens (tertiary/aromatic N) is 3. The van der Waals surface area contributed by atoms with Crippen molar-refractivity contribution < 1.29 is 9.90 Å². The van der Waals surface area contributed by atoms with Crippen LogP contribution in [0.15, 0.2) is 35.3 Å². The maximum absolute atomic E-state index is 11.9. The average Bonchev–Trinajstić information content (AvgIpc) is 3.02. The van der Waals surface area contributed by atoms with E-state index in [-0.39, 0.29) is 30.1 Å². The van der Waals surface area contributed by atoms with Crippen LogP contribution < -0.4 is 5.73 Å². The number of aromatic hydroxyl groups is 1. The predicted octanol–water partition coefficient (Wildman–Crippen LogP) is 2.21. The summed E-state index contributed by atoms with van der Waals surface area (Å²) in [6, 6.07) is 10.2. The summed E-state index contributed by atoms with van der Waals surface area (Å²) in [5, 5.41) is 19.0. The first-order valence-corrected chi connectivity index (χ1v) is 7.74. The van der Waals surface area contributed by atoms with Gasteiger partial charge in [-0.1, -0.05) is 0 Å². The maximum Gasteiger partial charge on any atom is 0.231 e. The SMILES string of the molecule is CN1C(=O)CC(c2ccc(-c3cc(C#N)ccc3O)s2)N=C1N. The highest BCUT2D eigenvalue weighted by Gasteiger charge is 2.27. The molecule has 1 aromatic carbocycles. The molecule has 7 heteroatoms. The molecule has 0 saturated heterocycles. The van der Waals surface area contributed by atoms with Gasteiger partial charge in [-0.05, 0) is 30.3 Å². The van der Waals surface area contributed by atoms with Gasteiger partial charge in [0.25, 0.3) is 0 Å². The smallest absolute Gasteiger partial charge is 0.231 e. The van der Waals surface area contributed by atoms with E-state index >= 15 is 0 Å². The van der Waals surface area contributed by atoms with Crippen LogP contribution in [-0.2, 0) is 4.79 Å². The van der Waals surface area contributed by atoms with Crippen LogP contribution in [0.1, 0.15) is 22.9 Å². The summed E-state index contributed by atoms with van der Waals surface area (Å²) < 4.78 is 0. The second-order valence-electron chi connectivity index (χ2n) is 5.21. The number of benzene rings is 1. The average molecular weight is 326 g/mol. The first-order chi connectivity index (χ1) is 11.0. The van der Waals surface area contributed by atoms with Crippen LogP contribution in [0.25, 0.3) is 10.4 Å². The summed E-state index contributed by atoms with van der Waals surface area (Å²) in [6.07, 6.45) is 0.265. The molecule has 1 aliphatic rings. The fourth-order valence-corrected chi connectivity index (χ4v) is 3.44. The van der Waals surface area contributed by atoms with Crippen molar-refractivity contribution in [3.63, 3.8) is 0 Å². The first-order valence-electron chi connectivity index (χ1n) is 6.92. The number of hydrogen-bond acceptors (Lipinski definition) is 6. The van der Waals surface area contributed by atoms with E-state index in [1.807, 2.05) is 12.1 Å². The number of amides is 1. The molecular weight excluding hydrogens is 312 g/mol. The molecule has 1 aliphatic heterocycles. The fourth-order valence-electron chi connectivity index (χ4n) is 2.37. The number of hydrogen-bond donors (Lipinski definition) is 2. The summed E-state index contributed by atoms with van der Waals surface area (Å²) in [5.74, 6) is 0.238. The minimum absolute atomic E-state index is 0.0771. The largest absolute Gasteiger partial charge is 0.507 e. The van der Waals surface area contributed by atoms with Gasteiger partial charge in [-0.3, -0.25) is 9.69 Å². The van der Waals surface area contributed by atoms with E-state index in [1.165, 1.54) is 22.3 Å². The molecule has 0 aliphatic carbocycles. The van der Waals surface area contributed by atoms with Gasteiger partial charge in [-0.15, -0.1) is 11.3 Å². The van der Waals surface area contributed by atoms with Crippen LogP contribution in [0.2, 0.25) is 0 Å². The highest BCUT2D eigenvalue weighted by atomic mass is 32.1. The van der Waals surface area contributed by atoms with Gasteiger partial charge in [0, 0.05) is 22.4 Å². The molecule has 1 unspecified atom stereocenters. The number of nitrogens with two attached hydrogens (primary N) is 1. The Morgan fingerprint density at radius 1 is 1.43 bits per heavy atom. The lowest BCUT2D eigenvalue weighted by molar-refractivity contribution is -0.127. The van der Waals surface area contributed by atoms with E-state index in [0.717, 1.165) is 9.75 Å². The normalized spacial score (nSPS) is 17.7. The van der Waals surface area contributed by atoms with E-state index in [4.69, 9.17) is 11.0 Å². The van der Waals surface area contributed by atoms with Gasteiger partial charge < -0.3 is 10.8 Å². The van der Waals surface area contributed by atoms with Crippen molar-refractivity contribution in [2.24, 2.45) is 10.7 Å². The van der Waals surface area contributed by atoms with Crippen LogP contribution in [0.5, 0.6) is 5.75 Å². The lowest BCUT2D eigenvalue weighted by Crippen LogP contribution is -2.42. The van der Waals surface area contributed by atoms with Crippen LogP contribution in [0.4, 0.5) is 0 Å². The molecule has 2 aromatic rings. The Balaban J connectivity index is 1.96. The molecule has 3 N–H and O–H groups in total. The van der Waals surface area contributed by atoms with Crippen molar-refractivity contribution in [2.45, 2.75) is 12.5 Å². The van der Waals surface area contributed by atoms with Crippen LogP contribution >= 0.6 is 11.3 Å². The van der Waals surface area contributed by atoms with Crippen molar-refractivity contribution in [3.8, 4) is 22.3 Å². The first kappa shape index (κ1) is 15.1. The maximum atomic E-state index is 11.9. The van der Waals surface area contributed by atoms with Gasteiger partial charge >= 0.3 is 0 Å². The number of phenols is 1. The van der Waals surface area contributed by atoms with Crippen molar-refractivity contribution in [1.82, 2.24) is 4.90 Å². The number of carbonyl (C=O) groups is 1. The third-order valence-electron chi connectivity index (χ3n) is 3.72. The van der Waals surface area contributed by atoms with Crippen LogP contribution in [0.3, 0.4) is 0 Å². The molecule has 0 fully saturated rings. The van der Waals surface area contributed by atoms with Crippen LogP contribution in [0, 0.1) is 11.3 Å². The number of thiophene rings is 1. The molecule has 2 heterocycles. The lowest BCUT2D eigenvalue weighted by Gasteiger charge is -2.24. The standard InChI is InChI=1S/C16H14N4O2S/c1-20-15(22)7-11(19-16(20)18)14-5-4-13(23-14)10-6-9(8-17)2-3-12(10)21/h2-6,11,21H,7H2,1H3,(H2,18,19). The minimum atomic E-state index is -0.307. The predicted molar refractivity (Wildman–Crippen MR) is 87.9 cm³/mol. The van der Waals surface area contributed by atoms with Gasteiger partial charge in [-0.25, -0.2) is 4.99 Å². The molecule has 116 valence electrons. The van der Waals surface area contributed by atoms with Gasteiger partial charge in [0.1, 0.15) is 5.75 Å². The number of nitriles is 1. The Morgan fingerprint density at radius 3 is 2.91 bits per heavy atom. The number of aliphatic imine (C=N–C) groups is 1. The highest BCUT2D eigenvalue weighted by molar-refractivity contribution is 7.15. The zero-order valence-corrected chi connectivity index (χ0v) is 13.2. The van der Waals surface area contributed by atoms with E-state index in [0.29, 0.717) is 11.1 Å². The van der Waals surface area contributed by atoms with Gasteiger partial charge in [-0.2, -0.15) is 5.26 Å². The second kappa shape index (κ2) is 5.74. The molecule has 3 rings (SSSR count). The molecule has 1 amide bonds. The summed E-state index contributed by atoms with van der Waals surface area (Å²) in [7, 11) is 1.60. The third-order valence-corrected chi connectivity index (χ3v) is 4.94. The number of rotatable bonds is 2.